The summed E-state index contributed by atoms with van der Waals surface area (Å²) < 4.78 is 0. The van der Waals surface area contributed by atoms with Crippen LogP contribution >= 0.6 is 0 Å². The zero-order chi connectivity index (χ0) is 19.8. The predicted octanol–water partition coefficient (Wildman–Crippen LogP) is 5.31. The molecular formula is C26H31NO. The first kappa shape index (κ1) is 20.3. The molecule has 2 N–H and O–H groups in total. The van der Waals surface area contributed by atoms with Crippen LogP contribution in [0.2, 0.25) is 0 Å². The molecule has 0 aliphatic rings. The molecule has 0 unspecified atom stereocenters. The first-order valence-corrected chi connectivity index (χ1v) is 10.2. The minimum atomic E-state index is -0.460. The van der Waals surface area contributed by atoms with Gasteiger partial charge in [0.15, 0.2) is 0 Å². The van der Waals surface area contributed by atoms with E-state index >= 15 is 0 Å². The van der Waals surface area contributed by atoms with E-state index in [0.29, 0.717) is 6.42 Å². The molecule has 0 bridgehead atoms. The second-order valence-corrected chi connectivity index (χ2v) is 7.60. The number of benzene rings is 3. The maximum atomic E-state index is 11.3. The van der Waals surface area contributed by atoms with Crippen LogP contribution < -0.4 is 5.32 Å². The zero-order valence-electron chi connectivity index (χ0n) is 16.9. The summed E-state index contributed by atoms with van der Waals surface area (Å²) in [5.74, 6) is 0. The van der Waals surface area contributed by atoms with Crippen LogP contribution in [0.5, 0.6) is 0 Å². The summed E-state index contributed by atoms with van der Waals surface area (Å²) in [6, 6.07) is 31.6. The molecule has 0 aliphatic heterocycles. The van der Waals surface area contributed by atoms with Crippen molar-refractivity contribution in [2.24, 2.45) is 0 Å². The molecule has 2 nitrogen and oxygen atoms in total. The van der Waals surface area contributed by atoms with Gasteiger partial charge in [-0.05, 0) is 36.5 Å². The molecule has 28 heavy (non-hydrogen) atoms. The van der Waals surface area contributed by atoms with Crippen molar-refractivity contribution in [2.75, 3.05) is 0 Å². The Morgan fingerprint density at radius 3 is 1.71 bits per heavy atom. The van der Waals surface area contributed by atoms with Crippen molar-refractivity contribution in [3.63, 3.8) is 0 Å². The molecule has 0 amide bonds. The van der Waals surface area contributed by atoms with E-state index < -0.39 is 11.5 Å². The van der Waals surface area contributed by atoms with Crippen LogP contribution in [-0.4, -0.2) is 17.3 Å². The summed E-state index contributed by atoms with van der Waals surface area (Å²) in [6.45, 7) is 5.10. The predicted molar refractivity (Wildman–Crippen MR) is 117 cm³/mol. The summed E-state index contributed by atoms with van der Waals surface area (Å²) in [7, 11) is 0. The molecule has 2 atom stereocenters. The van der Waals surface area contributed by atoms with Gasteiger partial charge < -0.3 is 10.4 Å². The van der Waals surface area contributed by atoms with Crippen LogP contribution in [0.4, 0.5) is 0 Å². The Bertz CT molecular complexity index is 777. The number of hydrogen-bond donors (Lipinski definition) is 2. The lowest BCUT2D eigenvalue weighted by Crippen LogP contribution is -2.45. The molecule has 3 aromatic carbocycles. The Kier molecular flexibility index (Phi) is 7.02. The molecule has 2 heteroatoms. The minimum Gasteiger partial charge on any atom is -0.392 e. The Balaban J connectivity index is 1.93. The van der Waals surface area contributed by atoms with Gasteiger partial charge in [0.05, 0.1) is 6.10 Å². The van der Waals surface area contributed by atoms with Crippen molar-refractivity contribution in [1.82, 2.24) is 5.32 Å². The lowest BCUT2D eigenvalue weighted by atomic mass is 9.66. The van der Waals surface area contributed by atoms with Gasteiger partial charge in [-0.3, -0.25) is 0 Å². The quantitative estimate of drug-likeness (QED) is 0.532. The van der Waals surface area contributed by atoms with Gasteiger partial charge >= 0.3 is 0 Å². The fraction of sp³-hybridized carbons (Fsp3) is 0.308. The number of aliphatic hydroxyl groups is 1. The second kappa shape index (κ2) is 9.68. The third kappa shape index (κ3) is 4.52. The van der Waals surface area contributed by atoms with E-state index in [2.05, 4.69) is 92.0 Å². The van der Waals surface area contributed by atoms with E-state index in [1.165, 1.54) is 16.7 Å². The maximum absolute atomic E-state index is 11.3. The first-order chi connectivity index (χ1) is 13.7. The topological polar surface area (TPSA) is 32.3 Å². The van der Waals surface area contributed by atoms with E-state index in [9.17, 15) is 5.11 Å². The van der Waals surface area contributed by atoms with Crippen molar-refractivity contribution in [3.8, 4) is 0 Å². The normalized spacial score (nSPS) is 13.8. The van der Waals surface area contributed by atoms with Gasteiger partial charge in [-0.25, -0.2) is 0 Å². The maximum Gasteiger partial charge on any atom is 0.0675 e. The molecule has 0 saturated carbocycles. The molecule has 0 radical (unpaired) electrons. The van der Waals surface area contributed by atoms with Gasteiger partial charge in [0, 0.05) is 18.0 Å². The van der Waals surface area contributed by atoms with Crippen molar-refractivity contribution in [2.45, 2.75) is 50.8 Å². The molecule has 0 spiro atoms. The van der Waals surface area contributed by atoms with Gasteiger partial charge in [-0.2, -0.15) is 0 Å². The highest BCUT2D eigenvalue weighted by molar-refractivity contribution is 5.41. The van der Waals surface area contributed by atoms with Crippen molar-refractivity contribution in [1.29, 1.82) is 0 Å². The van der Waals surface area contributed by atoms with E-state index in [0.717, 1.165) is 13.0 Å². The summed E-state index contributed by atoms with van der Waals surface area (Å²) in [6.07, 6.45) is 1.07. The number of nitrogens with one attached hydrogen (secondary N) is 1. The summed E-state index contributed by atoms with van der Waals surface area (Å²) >= 11 is 0. The largest absolute Gasteiger partial charge is 0.392 e. The van der Waals surface area contributed by atoms with Crippen molar-refractivity contribution in [3.05, 3.63) is 108 Å². The fourth-order valence-electron chi connectivity index (χ4n) is 4.19. The van der Waals surface area contributed by atoms with Gasteiger partial charge in [-0.15, -0.1) is 0 Å². The Labute approximate surface area is 169 Å². The third-order valence-electron chi connectivity index (χ3n) is 5.66. The average Bonchev–Trinajstić information content (AvgIpc) is 2.77. The van der Waals surface area contributed by atoms with E-state index in [1.54, 1.807) is 0 Å². The standard InChI is InChI=1S/C26H31NO/c1-3-25(28)26(23-15-9-5-10-16-23,24-17-11-6-12-18-24)19-21(2)27-20-22-13-7-4-8-14-22/h4-18,21,25,27-28H,3,19-20H2,1-2H3/t21-,25+/m1/s1. The Hall–Kier alpha value is -2.42. The van der Waals surface area contributed by atoms with Crippen LogP contribution in [0.25, 0.3) is 0 Å². The van der Waals surface area contributed by atoms with Gasteiger partial charge in [-0.1, -0.05) is 97.9 Å². The SMILES string of the molecule is CC[C@H](O)C(C[C@@H](C)NCc1ccccc1)(c1ccccc1)c1ccccc1. The van der Waals surface area contributed by atoms with Gasteiger partial charge in [0.25, 0.3) is 0 Å². The minimum absolute atomic E-state index is 0.238. The highest BCUT2D eigenvalue weighted by Gasteiger charge is 2.41. The van der Waals surface area contributed by atoms with Crippen LogP contribution in [0.1, 0.15) is 43.4 Å². The third-order valence-corrected chi connectivity index (χ3v) is 5.66. The number of rotatable bonds is 9. The molecular weight excluding hydrogens is 342 g/mol. The van der Waals surface area contributed by atoms with Gasteiger partial charge in [0.1, 0.15) is 0 Å². The van der Waals surface area contributed by atoms with Crippen LogP contribution in [-0.2, 0) is 12.0 Å². The molecule has 0 aromatic heterocycles. The molecule has 0 heterocycles. The van der Waals surface area contributed by atoms with Gasteiger partial charge in [0.2, 0.25) is 0 Å². The van der Waals surface area contributed by atoms with E-state index in [4.69, 9.17) is 0 Å². The Morgan fingerprint density at radius 2 is 1.25 bits per heavy atom. The zero-order valence-corrected chi connectivity index (χ0v) is 16.9. The fourth-order valence-corrected chi connectivity index (χ4v) is 4.19. The highest BCUT2D eigenvalue weighted by Crippen LogP contribution is 2.41. The summed E-state index contributed by atoms with van der Waals surface area (Å²) in [5, 5.41) is 14.9. The first-order valence-electron chi connectivity index (χ1n) is 10.2. The molecule has 146 valence electrons. The molecule has 0 fully saturated rings. The molecule has 0 saturated heterocycles. The van der Waals surface area contributed by atoms with Crippen LogP contribution in [0.3, 0.4) is 0 Å². The van der Waals surface area contributed by atoms with Crippen LogP contribution in [0, 0.1) is 0 Å². The molecule has 0 aliphatic carbocycles. The monoisotopic (exact) mass is 373 g/mol. The average molecular weight is 374 g/mol. The highest BCUT2D eigenvalue weighted by atomic mass is 16.3. The summed E-state index contributed by atoms with van der Waals surface area (Å²) in [5.41, 5.74) is 3.17. The van der Waals surface area contributed by atoms with E-state index in [1.807, 2.05) is 18.2 Å². The van der Waals surface area contributed by atoms with Crippen molar-refractivity contribution < 1.29 is 5.11 Å². The summed E-state index contributed by atoms with van der Waals surface area (Å²) in [4.78, 5) is 0. The number of aliphatic hydroxyl groups excluding tert-OH is 1. The second-order valence-electron chi connectivity index (χ2n) is 7.60. The smallest absolute Gasteiger partial charge is 0.0675 e. The van der Waals surface area contributed by atoms with Crippen molar-refractivity contribution >= 4 is 0 Å². The number of hydrogen-bond acceptors (Lipinski definition) is 2. The lowest BCUT2D eigenvalue weighted by molar-refractivity contribution is 0.0865. The Morgan fingerprint density at radius 1 is 0.786 bits per heavy atom. The molecule has 3 rings (SSSR count). The molecule has 3 aromatic rings. The van der Waals surface area contributed by atoms with E-state index in [-0.39, 0.29) is 6.04 Å². The van der Waals surface area contributed by atoms with Crippen LogP contribution in [0.15, 0.2) is 91.0 Å². The lowest BCUT2D eigenvalue weighted by Gasteiger charge is -2.41.